The molecular formula is C15H23N. The van der Waals surface area contributed by atoms with Gasteiger partial charge in [-0.1, -0.05) is 25.1 Å². The molecule has 1 aliphatic carbocycles. The molecule has 1 aromatic carbocycles. The van der Waals surface area contributed by atoms with E-state index in [2.05, 4.69) is 44.3 Å². The fourth-order valence-electron chi connectivity index (χ4n) is 2.06. The minimum absolute atomic E-state index is 0.739. The molecule has 1 aliphatic rings. The number of benzene rings is 1. The van der Waals surface area contributed by atoms with Gasteiger partial charge in [0.2, 0.25) is 0 Å². The zero-order valence-corrected chi connectivity index (χ0v) is 10.7. The van der Waals surface area contributed by atoms with E-state index in [1.165, 1.54) is 36.0 Å². The molecule has 1 unspecified atom stereocenters. The van der Waals surface area contributed by atoms with Gasteiger partial charge in [0.25, 0.3) is 0 Å². The molecule has 0 aromatic heterocycles. The fourth-order valence-corrected chi connectivity index (χ4v) is 2.06. The van der Waals surface area contributed by atoms with Gasteiger partial charge in [0.05, 0.1) is 0 Å². The highest BCUT2D eigenvalue weighted by atomic mass is 14.9. The maximum absolute atomic E-state index is 3.60. The number of nitrogens with one attached hydrogen (secondary N) is 1. The average Bonchev–Trinajstić information content (AvgIpc) is 3.04. The first-order valence-corrected chi connectivity index (χ1v) is 6.44. The molecule has 0 saturated heterocycles. The second-order valence-electron chi connectivity index (χ2n) is 5.41. The van der Waals surface area contributed by atoms with Crippen LogP contribution in [0.15, 0.2) is 18.2 Å². The lowest BCUT2D eigenvalue weighted by atomic mass is 9.98. The first-order valence-electron chi connectivity index (χ1n) is 6.44. The maximum atomic E-state index is 3.60. The molecule has 0 amide bonds. The van der Waals surface area contributed by atoms with Gasteiger partial charge in [0.1, 0.15) is 0 Å². The van der Waals surface area contributed by atoms with Crippen molar-refractivity contribution in [2.45, 2.75) is 46.1 Å². The van der Waals surface area contributed by atoms with Gasteiger partial charge in [-0.25, -0.2) is 0 Å². The van der Waals surface area contributed by atoms with Crippen molar-refractivity contribution in [3.05, 3.63) is 34.9 Å². The van der Waals surface area contributed by atoms with Gasteiger partial charge in [-0.15, -0.1) is 0 Å². The number of aryl methyl sites for hydroxylation is 2. The summed E-state index contributed by atoms with van der Waals surface area (Å²) in [6.07, 6.45) is 3.97. The van der Waals surface area contributed by atoms with E-state index in [0.717, 1.165) is 18.5 Å². The Labute approximate surface area is 99.3 Å². The summed E-state index contributed by atoms with van der Waals surface area (Å²) in [7, 11) is 0. The average molecular weight is 217 g/mol. The Morgan fingerprint density at radius 3 is 2.62 bits per heavy atom. The van der Waals surface area contributed by atoms with Gasteiger partial charge >= 0.3 is 0 Å². The van der Waals surface area contributed by atoms with Crippen LogP contribution in [0.1, 0.15) is 36.5 Å². The van der Waals surface area contributed by atoms with Crippen molar-refractivity contribution in [2.75, 3.05) is 6.54 Å². The minimum atomic E-state index is 0.739. The summed E-state index contributed by atoms with van der Waals surface area (Å²) >= 11 is 0. The Bertz CT molecular complexity index is 352. The zero-order valence-electron chi connectivity index (χ0n) is 10.7. The Kier molecular flexibility index (Phi) is 3.65. The molecule has 1 nitrogen and oxygen atoms in total. The highest BCUT2D eigenvalue weighted by molar-refractivity contribution is 5.30. The van der Waals surface area contributed by atoms with Crippen molar-refractivity contribution in [3.63, 3.8) is 0 Å². The summed E-state index contributed by atoms with van der Waals surface area (Å²) in [5, 5.41) is 3.60. The minimum Gasteiger partial charge on any atom is -0.314 e. The highest BCUT2D eigenvalue weighted by Gasteiger charge is 2.20. The van der Waals surface area contributed by atoms with Gasteiger partial charge in [-0.2, -0.15) is 0 Å². The summed E-state index contributed by atoms with van der Waals surface area (Å²) in [6.45, 7) is 7.88. The van der Waals surface area contributed by atoms with Crippen LogP contribution in [0.25, 0.3) is 0 Å². The second-order valence-corrected chi connectivity index (χ2v) is 5.41. The third-order valence-electron chi connectivity index (χ3n) is 3.49. The largest absolute Gasteiger partial charge is 0.314 e. The summed E-state index contributed by atoms with van der Waals surface area (Å²) in [5.74, 6) is 0.739. The second kappa shape index (κ2) is 5.01. The van der Waals surface area contributed by atoms with E-state index < -0.39 is 0 Å². The van der Waals surface area contributed by atoms with Gasteiger partial charge in [-0.05, 0) is 62.3 Å². The van der Waals surface area contributed by atoms with E-state index in [1.807, 2.05) is 0 Å². The molecule has 16 heavy (non-hydrogen) atoms. The van der Waals surface area contributed by atoms with E-state index in [1.54, 1.807) is 0 Å². The Morgan fingerprint density at radius 1 is 1.25 bits per heavy atom. The molecule has 1 atom stereocenters. The predicted molar refractivity (Wildman–Crippen MR) is 69.8 cm³/mol. The first-order chi connectivity index (χ1) is 7.65. The molecule has 1 aromatic rings. The smallest absolute Gasteiger partial charge is 0.00683 e. The molecule has 1 fully saturated rings. The maximum Gasteiger partial charge on any atom is 0.00683 e. The number of hydrogen-bond acceptors (Lipinski definition) is 1. The van der Waals surface area contributed by atoms with Crippen LogP contribution in [0, 0.1) is 19.8 Å². The summed E-state index contributed by atoms with van der Waals surface area (Å²) in [6, 6.07) is 7.69. The van der Waals surface area contributed by atoms with Crippen LogP contribution in [0.5, 0.6) is 0 Å². The summed E-state index contributed by atoms with van der Waals surface area (Å²) in [4.78, 5) is 0. The van der Waals surface area contributed by atoms with Crippen LogP contribution in [-0.4, -0.2) is 12.6 Å². The predicted octanol–water partition coefficient (Wildman–Crippen LogP) is 3.23. The van der Waals surface area contributed by atoms with Crippen molar-refractivity contribution in [3.8, 4) is 0 Å². The lowest BCUT2D eigenvalue weighted by Crippen LogP contribution is -2.24. The van der Waals surface area contributed by atoms with Gasteiger partial charge in [-0.3, -0.25) is 0 Å². The first kappa shape index (κ1) is 11.7. The molecule has 0 heterocycles. The van der Waals surface area contributed by atoms with Gasteiger partial charge in [0.15, 0.2) is 0 Å². The molecule has 0 aliphatic heterocycles. The van der Waals surface area contributed by atoms with Crippen LogP contribution in [0.3, 0.4) is 0 Å². The van der Waals surface area contributed by atoms with Crippen molar-refractivity contribution in [2.24, 2.45) is 5.92 Å². The molecule has 0 spiro atoms. The van der Waals surface area contributed by atoms with E-state index in [-0.39, 0.29) is 0 Å². The number of hydrogen-bond donors (Lipinski definition) is 1. The molecule has 1 N–H and O–H groups in total. The topological polar surface area (TPSA) is 12.0 Å². The van der Waals surface area contributed by atoms with E-state index >= 15 is 0 Å². The van der Waals surface area contributed by atoms with Crippen molar-refractivity contribution >= 4 is 0 Å². The fraction of sp³-hybridized carbons (Fsp3) is 0.600. The van der Waals surface area contributed by atoms with E-state index in [0.29, 0.717) is 0 Å². The quantitative estimate of drug-likeness (QED) is 0.798. The summed E-state index contributed by atoms with van der Waals surface area (Å²) < 4.78 is 0. The monoisotopic (exact) mass is 217 g/mol. The Morgan fingerprint density at radius 2 is 2.00 bits per heavy atom. The van der Waals surface area contributed by atoms with Crippen LogP contribution < -0.4 is 5.32 Å². The molecule has 0 radical (unpaired) electrons. The van der Waals surface area contributed by atoms with E-state index in [9.17, 15) is 0 Å². The molecule has 1 heteroatoms. The molecule has 88 valence electrons. The normalized spacial score (nSPS) is 17.4. The third-order valence-corrected chi connectivity index (χ3v) is 3.49. The molecule has 0 bridgehead atoms. The third kappa shape index (κ3) is 3.34. The summed E-state index contributed by atoms with van der Waals surface area (Å²) in [5.41, 5.74) is 4.29. The van der Waals surface area contributed by atoms with Crippen LogP contribution in [-0.2, 0) is 6.42 Å². The lowest BCUT2D eigenvalue weighted by Gasteiger charge is -2.13. The van der Waals surface area contributed by atoms with Gasteiger partial charge < -0.3 is 5.32 Å². The zero-order chi connectivity index (χ0) is 11.5. The highest BCUT2D eigenvalue weighted by Crippen LogP contribution is 2.19. The van der Waals surface area contributed by atoms with Crippen molar-refractivity contribution in [1.29, 1.82) is 0 Å². The van der Waals surface area contributed by atoms with Crippen molar-refractivity contribution in [1.82, 2.24) is 5.32 Å². The Hall–Kier alpha value is -0.820. The van der Waals surface area contributed by atoms with E-state index in [4.69, 9.17) is 0 Å². The SMILES string of the molecule is Cc1ccc(CC(C)CNC2CC2)cc1C. The molecule has 1 saturated carbocycles. The number of rotatable bonds is 5. The Balaban J connectivity index is 1.84. The standard InChI is InChI=1S/C15H23N/c1-11(10-16-15-6-7-15)8-14-5-4-12(2)13(3)9-14/h4-5,9,11,15-16H,6-8,10H2,1-3H3. The van der Waals surface area contributed by atoms with Crippen LogP contribution >= 0.6 is 0 Å². The molecule has 2 rings (SSSR count). The van der Waals surface area contributed by atoms with Gasteiger partial charge in [0, 0.05) is 6.04 Å². The molecular weight excluding hydrogens is 194 g/mol. The van der Waals surface area contributed by atoms with Crippen LogP contribution in [0.2, 0.25) is 0 Å². The lowest BCUT2D eigenvalue weighted by molar-refractivity contribution is 0.509. The van der Waals surface area contributed by atoms with Crippen LogP contribution in [0.4, 0.5) is 0 Å². The van der Waals surface area contributed by atoms with Crippen molar-refractivity contribution < 1.29 is 0 Å².